The standard InChI is InChI=1S/C10H12ClNO2/c1-2-14-10(12)6-7-3-4-9(13)8(11)5-7/h3-5,12-13H,2,6H2,1H3. The van der Waals surface area contributed by atoms with E-state index in [0.717, 1.165) is 5.56 Å². The highest BCUT2D eigenvalue weighted by Gasteiger charge is 2.03. The summed E-state index contributed by atoms with van der Waals surface area (Å²) in [5.74, 6) is 0.257. The van der Waals surface area contributed by atoms with Gasteiger partial charge in [0.1, 0.15) is 5.75 Å². The SMILES string of the molecule is CCOC(=N)Cc1ccc(O)c(Cl)c1. The lowest BCUT2D eigenvalue weighted by Gasteiger charge is -2.05. The van der Waals surface area contributed by atoms with E-state index in [2.05, 4.69) is 0 Å². The summed E-state index contributed by atoms with van der Waals surface area (Å²) in [5.41, 5.74) is 0.853. The minimum absolute atomic E-state index is 0.0540. The van der Waals surface area contributed by atoms with Crippen LogP contribution in [0.2, 0.25) is 5.02 Å². The number of hydrogen-bond acceptors (Lipinski definition) is 3. The van der Waals surface area contributed by atoms with Gasteiger partial charge in [-0.25, -0.2) is 0 Å². The Morgan fingerprint density at radius 1 is 1.57 bits per heavy atom. The first kappa shape index (κ1) is 10.9. The molecule has 0 atom stereocenters. The number of aromatic hydroxyl groups is 1. The van der Waals surface area contributed by atoms with Crippen LogP contribution in [0.3, 0.4) is 0 Å². The van der Waals surface area contributed by atoms with E-state index in [4.69, 9.17) is 26.9 Å². The number of benzene rings is 1. The quantitative estimate of drug-likeness (QED) is 0.599. The summed E-state index contributed by atoms with van der Waals surface area (Å²) in [6.07, 6.45) is 0.397. The zero-order valence-electron chi connectivity index (χ0n) is 7.88. The number of rotatable bonds is 3. The number of phenolic OH excluding ortho intramolecular Hbond substituents is 1. The second kappa shape index (κ2) is 4.86. The van der Waals surface area contributed by atoms with Crippen molar-refractivity contribution >= 4 is 17.5 Å². The van der Waals surface area contributed by atoms with Gasteiger partial charge in [0.25, 0.3) is 0 Å². The molecule has 0 aliphatic heterocycles. The summed E-state index contributed by atoms with van der Waals surface area (Å²) in [5, 5.41) is 16.9. The zero-order chi connectivity index (χ0) is 10.6. The van der Waals surface area contributed by atoms with Crippen molar-refractivity contribution in [3.8, 4) is 5.75 Å². The Morgan fingerprint density at radius 3 is 2.86 bits per heavy atom. The molecule has 76 valence electrons. The van der Waals surface area contributed by atoms with Crippen LogP contribution in [0.5, 0.6) is 5.75 Å². The predicted molar refractivity (Wildman–Crippen MR) is 56.2 cm³/mol. The van der Waals surface area contributed by atoms with E-state index in [1.54, 1.807) is 12.1 Å². The fourth-order valence-electron chi connectivity index (χ4n) is 1.07. The maximum absolute atomic E-state index is 9.16. The van der Waals surface area contributed by atoms with Gasteiger partial charge in [0.05, 0.1) is 11.6 Å². The van der Waals surface area contributed by atoms with Crippen molar-refractivity contribution in [3.05, 3.63) is 28.8 Å². The zero-order valence-corrected chi connectivity index (χ0v) is 8.64. The number of halogens is 1. The van der Waals surface area contributed by atoms with Crippen molar-refractivity contribution in [2.45, 2.75) is 13.3 Å². The molecule has 0 amide bonds. The van der Waals surface area contributed by atoms with Crippen molar-refractivity contribution in [3.63, 3.8) is 0 Å². The van der Waals surface area contributed by atoms with Gasteiger partial charge in [0.15, 0.2) is 5.90 Å². The van der Waals surface area contributed by atoms with Crippen LogP contribution in [0.1, 0.15) is 12.5 Å². The lowest BCUT2D eigenvalue weighted by Crippen LogP contribution is -2.06. The fourth-order valence-corrected chi connectivity index (χ4v) is 1.27. The Bertz CT molecular complexity index is 339. The number of phenols is 1. The van der Waals surface area contributed by atoms with Crippen LogP contribution in [0.25, 0.3) is 0 Å². The molecule has 0 spiro atoms. The van der Waals surface area contributed by atoms with E-state index >= 15 is 0 Å². The number of ether oxygens (including phenoxy) is 1. The van der Waals surface area contributed by atoms with Crippen LogP contribution in [0.15, 0.2) is 18.2 Å². The van der Waals surface area contributed by atoms with Gasteiger partial charge in [-0.2, -0.15) is 0 Å². The fraction of sp³-hybridized carbons (Fsp3) is 0.300. The molecule has 0 saturated heterocycles. The average Bonchev–Trinajstić information content (AvgIpc) is 2.12. The lowest BCUT2D eigenvalue weighted by molar-refractivity contribution is 0.317. The molecule has 0 radical (unpaired) electrons. The predicted octanol–water partition coefficient (Wildman–Crippen LogP) is 2.60. The van der Waals surface area contributed by atoms with Gasteiger partial charge in [-0.15, -0.1) is 0 Å². The van der Waals surface area contributed by atoms with E-state index in [9.17, 15) is 0 Å². The molecule has 0 saturated carbocycles. The van der Waals surface area contributed by atoms with Crippen LogP contribution in [-0.4, -0.2) is 17.6 Å². The second-order valence-corrected chi connectivity index (χ2v) is 3.23. The van der Waals surface area contributed by atoms with E-state index in [1.807, 2.05) is 6.92 Å². The molecule has 0 bridgehead atoms. The first-order valence-electron chi connectivity index (χ1n) is 4.31. The van der Waals surface area contributed by atoms with Crippen molar-refractivity contribution in [2.75, 3.05) is 6.61 Å². The largest absolute Gasteiger partial charge is 0.506 e. The van der Waals surface area contributed by atoms with Gasteiger partial charge in [0.2, 0.25) is 0 Å². The Balaban J connectivity index is 2.68. The van der Waals surface area contributed by atoms with Gasteiger partial charge in [-0.1, -0.05) is 17.7 Å². The monoisotopic (exact) mass is 213 g/mol. The molecule has 0 aliphatic rings. The maximum atomic E-state index is 9.16. The van der Waals surface area contributed by atoms with Gasteiger partial charge in [0, 0.05) is 6.42 Å². The molecule has 0 unspecified atom stereocenters. The summed E-state index contributed by atoms with van der Waals surface area (Å²) < 4.78 is 4.99. The molecule has 0 heterocycles. The number of nitrogens with one attached hydrogen (secondary N) is 1. The highest BCUT2D eigenvalue weighted by molar-refractivity contribution is 6.32. The first-order valence-corrected chi connectivity index (χ1v) is 4.69. The third kappa shape index (κ3) is 2.92. The van der Waals surface area contributed by atoms with Crippen LogP contribution < -0.4 is 0 Å². The van der Waals surface area contributed by atoms with Crippen LogP contribution in [0.4, 0.5) is 0 Å². The lowest BCUT2D eigenvalue weighted by atomic mass is 10.1. The van der Waals surface area contributed by atoms with Crippen molar-refractivity contribution in [1.29, 1.82) is 5.41 Å². The van der Waals surface area contributed by atoms with Crippen LogP contribution in [-0.2, 0) is 11.2 Å². The minimum Gasteiger partial charge on any atom is -0.506 e. The highest BCUT2D eigenvalue weighted by Crippen LogP contribution is 2.23. The summed E-state index contributed by atoms with van der Waals surface area (Å²) in [7, 11) is 0. The van der Waals surface area contributed by atoms with Crippen molar-refractivity contribution < 1.29 is 9.84 Å². The molecule has 0 aromatic heterocycles. The topological polar surface area (TPSA) is 53.3 Å². The Kier molecular flexibility index (Phi) is 3.77. The molecule has 3 nitrogen and oxygen atoms in total. The van der Waals surface area contributed by atoms with Gasteiger partial charge >= 0.3 is 0 Å². The molecule has 4 heteroatoms. The maximum Gasteiger partial charge on any atom is 0.184 e. The Hall–Kier alpha value is -1.22. The molecule has 0 aliphatic carbocycles. The smallest absolute Gasteiger partial charge is 0.184 e. The molecule has 0 fully saturated rings. The molecule has 2 N–H and O–H groups in total. The molecule has 14 heavy (non-hydrogen) atoms. The van der Waals surface area contributed by atoms with Crippen LogP contribution in [0, 0.1) is 5.41 Å². The third-order valence-corrected chi connectivity index (χ3v) is 2.00. The van der Waals surface area contributed by atoms with Crippen LogP contribution >= 0.6 is 11.6 Å². The van der Waals surface area contributed by atoms with E-state index < -0.39 is 0 Å². The third-order valence-electron chi connectivity index (χ3n) is 1.70. The van der Waals surface area contributed by atoms with Gasteiger partial charge in [-0.05, 0) is 24.6 Å². The molecule has 1 rings (SSSR count). The molecular formula is C10H12ClNO2. The van der Waals surface area contributed by atoms with E-state index in [0.29, 0.717) is 18.1 Å². The van der Waals surface area contributed by atoms with E-state index in [1.165, 1.54) is 6.07 Å². The first-order chi connectivity index (χ1) is 6.63. The summed E-state index contributed by atoms with van der Waals surface area (Å²) in [6.45, 7) is 2.32. The molecule has 1 aromatic rings. The van der Waals surface area contributed by atoms with Crippen molar-refractivity contribution in [1.82, 2.24) is 0 Å². The number of hydrogen-bond donors (Lipinski definition) is 2. The molecular weight excluding hydrogens is 202 g/mol. The minimum atomic E-state index is 0.0540. The Morgan fingerprint density at radius 2 is 2.29 bits per heavy atom. The Labute approximate surface area is 87.8 Å². The van der Waals surface area contributed by atoms with Gasteiger partial charge < -0.3 is 9.84 Å². The average molecular weight is 214 g/mol. The van der Waals surface area contributed by atoms with Crippen molar-refractivity contribution in [2.24, 2.45) is 0 Å². The molecule has 1 aromatic carbocycles. The summed E-state index contributed by atoms with van der Waals surface area (Å²) in [4.78, 5) is 0. The summed E-state index contributed by atoms with van der Waals surface area (Å²) >= 11 is 5.71. The van der Waals surface area contributed by atoms with E-state index in [-0.39, 0.29) is 11.6 Å². The second-order valence-electron chi connectivity index (χ2n) is 2.82. The normalized spacial score (nSPS) is 9.86. The summed E-state index contributed by atoms with van der Waals surface area (Å²) in [6, 6.07) is 4.86. The van der Waals surface area contributed by atoms with Gasteiger partial charge in [-0.3, -0.25) is 5.41 Å². The highest BCUT2D eigenvalue weighted by atomic mass is 35.5.